The van der Waals surface area contributed by atoms with Gasteiger partial charge in [-0.15, -0.1) is 0 Å². The molecule has 1 fully saturated rings. The first kappa shape index (κ1) is 20.0. The number of amides is 2. The molecule has 0 radical (unpaired) electrons. The number of aliphatic hydroxyl groups excluding tert-OH is 1. The molecule has 1 atom stereocenters. The molecule has 1 aliphatic carbocycles. The van der Waals surface area contributed by atoms with Crippen molar-refractivity contribution in [3.05, 3.63) is 58.9 Å². The molecule has 3 N–H and O–H groups in total. The van der Waals surface area contributed by atoms with Gasteiger partial charge in [0.15, 0.2) is 5.60 Å². The van der Waals surface area contributed by atoms with Gasteiger partial charge in [0.25, 0.3) is 11.8 Å². The number of hydrogen-bond donors (Lipinski definition) is 3. The van der Waals surface area contributed by atoms with Crippen LogP contribution >= 0.6 is 0 Å². The highest BCUT2D eigenvalue weighted by atomic mass is 19.1. The number of anilines is 1. The molecule has 7 nitrogen and oxygen atoms in total. The van der Waals surface area contributed by atoms with E-state index < -0.39 is 23.4 Å². The standard InChI is InChI=1S/C23H24FN3O4/c24-18-10-20-19(26-22(30)23(31-20)6-7-23)9-17(18)21(29)25-11-16(28)13-27-8-5-14-3-1-2-4-15(14)12-27/h1-4,9-10,16,28H,5-8,11-13H2,(H,25,29)(H,26,30)/t16-/m0/s1. The van der Waals surface area contributed by atoms with E-state index in [1.807, 2.05) is 12.1 Å². The molecule has 2 aromatic carbocycles. The van der Waals surface area contributed by atoms with Gasteiger partial charge in [0.2, 0.25) is 0 Å². The van der Waals surface area contributed by atoms with Crippen LogP contribution < -0.4 is 15.4 Å². The number of ether oxygens (including phenoxy) is 1. The van der Waals surface area contributed by atoms with Crippen LogP contribution in [-0.2, 0) is 17.8 Å². The molecule has 0 saturated heterocycles. The maximum Gasteiger partial charge on any atom is 0.268 e. The van der Waals surface area contributed by atoms with Crippen LogP contribution in [0.5, 0.6) is 5.75 Å². The topological polar surface area (TPSA) is 90.9 Å². The van der Waals surface area contributed by atoms with Gasteiger partial charge in [-0.1, -0.05) is 24.3 Å². The summed E-state index contributed by atoms with van der Waals surface area (Å²) in [5.74, 6) is -1.41. The van der Waals surface area contributed by atoms with Gasteiger partial charge >= 0.3 is 0 Å². The number of nitrogens with zero attached hydrogens (tertiary/aromatic N) is 1. The summed E-state index contributed by atoms with van der Waals surface area (Å²) < 4.78 is 20.1. The first-order chi connectivity index (χ1) is 14.9. The van der Waals surface area contributed by atoms with Crippen LogP contribution in [0.2, 0.25) is 0 Å². The molecule has 2 aromatic rings. The van der Waals surface area contributed by atoms with Crippen molar-refractivity contribution in [2.24, 2.45) is 0 Å². The molecule has 2 aliphatic heterocycles. The van der Waals surface area contributed by atoms with E-state index in [0.29, 0.717) is 19.4 Å². The van der Waals surface area contributed by atoms with E-state index in [2.05, 4.69) is 27.7 Å². The molecule has 0 bridgehead atoms. The maximum atomic E-state index is 14.5. The number of β-amino-alcohol motifs (C(OH)–C–C–N with tert-alkyl or cyclic N) is 1. The van der Waals surface area contributed by atoms with Crippen molar-refractivity contribution >= 4 is 17.5 Å². The fourth-order valence-electron chi connectivity index (χ4n) is 4.23. The zero-order chi connectivity index (χ0) is 21.6. The Morgan fingerprint density at radius 1 is 1.29 bits per heavy atom. The minimum atomic E-state index is -0.873. The van der Waals surface area contributed by atoms with Gasteiger partial charge in [-0.25, -0.2) is 4.39 Å². The lowest BCUT2D eigenvalue weighted by atomic mass is 10.00. The van der Waals surface area contributed by atoms with E-state index in [0.717, 1.165) is 25.6 Å². The van der Waals surface area contributed by atoms with Gasteiger partial charge < -0.3 is 20.5 Å². The molecule has 0 aromatic heterocycles. The molecule has 31 heavy (non-hydrogen) atoms. The number of benzene rings is 2. The number of halogens is 1. The quantitative estimate of drug-likeness (QED) is 0.680. The van der Waals surface area contributed by atoms with Crippen LogP contribution in [0.1, 0.15) is 34.3 Å². The SMILES string of the molecule is O=C(NC[C@H](O)CN1CCc2ccccc2C1)c1cc2c(cc1F)OC1(CC1)C(=O)N2. The lowest BCUT2D eigenvalue weighted by Crippen LogP contribution is -2.42. The van der Waals surface area contributed by atoms with Crippen molar-refractivity contribution in [2.75, 3.05) is 25.0 Å². The minimum absolute atomic E-state index is 0.000521. The van der Waals surface area contributed by atoms with Crippen LogP contribution in [0.3, 0.4) is 0 Å². The normalized spacial score (nSPS) is 19.6. The highest BCUT2D eigenvalue weighted by molar-refractivity contribution is 6.04. The third-order valence-electron chi connectivity index (χ3n) is 6.16. The lowest BCUT2D eigenvalue weighted by molar-refractivity contribution is -0.125. The zero-order valence-corrected chi connectivity index (χ0v) is 17.0. The Kier molecular flexibility index (Phi) is 4.91. The summed E-state index contributed by atoms with van der Waals surface area (Å²) in [5, 5.41) is 15.7. The van der Waals surface area contributed by atoms with E-state index in [1.165, 1.54) is 17.2 Å². The second-order valence-corrected chi connectivity index (χ2v) is 8.50. The van der Waals surface area contributed by atoms with Crippen LogP contribution in [0.25, 0.3) is 0 Å². The van der Waals surface area contributed by atoms with E-state index in [9.17, 15) is 19.1 Å². The number of nitrogens with one attached hydrogen (secondary N) is 2. The Morgan fingerprint density at radius 3 is 2.84 bits per heavy atom. The number of rotatable bonds is 5. The zero-order valence-electron chi connectivity index (χ0n) is 17.0. The minimum Gasteiger partial charge on any atom is -0.475 e. The summed E-state index contributed by atoms with van der Waals surface area (Å²) in [6.45, 7) is 2.00. The van der Waals surface area contributed by atoms with Crippen molar-refractivity contribution < 1.29 is 23.8 Å². The van der Waals surface area contributed by atoms with Gasteiger partial charge in [-0.3, -0.25) is 14.5 Å². The van der Waals surface area contributed by atoms with Crippen LogP contribution in [-0.4, -0.2) is 53.2 Å². The molecule has 162 valence electrons. The molecule has 2 heterocycles. The summed E-state index contributed by atoms with van der Waals surface area (Å²) in [4.78, 5) is 26.8. The predicted molar refractivity (Wildman–Crippen MR) is 111 cm³/mol. The van der Waals surface area contributed by atoms with Crippen molar-refractivity contribution in [1.82, 2.24) is 10.2 Å². The van der Waals surface area contributed by atoms with E-state index in [4.69, 9.17) is 4.74 Å². The van der Waals surface area contributed by atoms with Crippen molar-refractivity contribution in [3.8, 4) is 5.75 Å². The molecular weight excluding hydrogens is 401 g/mol. The summed E-state index contributed by atoms with van der Waals surface area (Å²) in [6.07, 6.45) is 1.34. The fraction of sp³-hybridized carbons (Fsp3) is 0.391. The Morgan fingerprint density at radius 2 is 2.06 bits per heavy atom. The predicted octanol–water partition coefficient (Wildman–Crippen LogP) is 1.84. The number of carbonyl (C=O) groups excluding carboxylic acids is 2. The molecule has 0 unspecified atom stereocenters. The fourth-order valence-corrected chi connectivity index (χ4v) is 4.23. The van der Waals surface area contributed by atoms with Crippen LogP contribution in [0.15, 0.2) is 36.4 Å². The van der Waals surface area contributed by atoms with Gasteiger partial charge in [-0.05, 0) is 23.6 Å². The van der Waals surface area contributed by atoms with Gasteiger partial charge in [0, 0.05) is 45.1 Å². The lowest BCUT2D eigenvalue weighted by Gasteiger charge is -2.30. The van der Waals surface area contributed by atoms with Crippen LogP contribution in [0, 0.1) is 5.82 Å². The first-order valence-electron chi connectivity index (χ1n) is 10.5. The van der Waals surface area contributed by atoms with Gasteiger partial charge in [-0.2, -0.15) is 0 Å². The smallest absolute Gasteiger partial charge is 0.268 e. The van der Waals surface area contributed by atoms with Gasteiger partial charge in [0.05, 0.1) is 17.4 Å². The maximum absolute atomic E-state index is 14.5. The number of carbonyl (C=O) groups is 2. The van der Waals surface area contributed by atoms with E-state index in [-0.39, 0.29) is 29.5 Å². The van der Waals surface area contributed by atoms with Crippen LogP contribution in [0.4, 0.5) is 10.1 Å². The van der Waals surface area contributed by atoms with E-state index in [1.54, 1.807) is 0 Å². The molecule has 3 aliphatic rings. The molecule has 2 amide bonds. The highest BCUT2D eigenvalue weighted by Gasteiger charge is 2.55. The first-order valence-corrected chi connectivity index (χ1v) is 10.5. The Bertz CT molecular complexity index is 1050. The summed E-state index contributed by atoms with van der Waals surface area (Å²) in [6, 6.07) is 10.6. The Balaban J connectivity index is 1.18. The monoisotopic (exact) mass is 425 g/mol. The van der Waals surface area contributed by atoms with Crippen molar-refractivity contribution in [2.45, 2.75) is 37.5 Å². The summed E-state index contributed by atoms with van der Waals surface area (Å²) >= 11 is 0. The summed E-state index contributed by atoms with van der Waals surface area (Å²) in [7, 11) is 0. The molecule has 1 saturated carbocycles. The highest BCUT2D eigenvalue weighted by Crippen LogP contribution is 2.47. The number of hydrogen-bond acceptors (Lipinski definition) is 5. The third-order valence-corrected chi connectivity index (χ3v) is 6.16. The molecule has 5 rings (SSSR count). The second-order valence-electron chi connectivity index (χ2n) is 8.50. The number of fused-ring (bicyclic) bond motifs is 2. The summed E-state index contributed by atoms with van der Waals surface area (Å²) in [5.41, 5.74) is 1.78. The van der Waals surface area contributed by atoms with E-state index >= 15 is 0 Å². The third kappa shape index (κ3) is 3.88. The van der Waals surface area contributed by atoms with Gasteiger partial charge in [0.1, 0.15) is 11.6 Å². The molecule has 1 spiro atoms. The average Bonchev–Trinajstić information content (AvgIpc) is 3.53. The average molecular weight is 425 g/mol. The van der Waals surface area contributed by atoms with Crippen molar-refractivity contribution in [1.29, 1.82) is 0 Å². The second kappa shape index (κ2) is 7.62. The number of aliphatic hydroxyl groups is 1. The largest absolute Gasteiger partial charge is 0.475 e. The molecule has 8 heteroatoms. The Hall–Kier alpha value is -2.97. The molecular formula is C23H24FN3O4. The Labute approximate surface area is 179 Å². The van der Waals surface area contributed by atoms with Crippen molar-refractivity contribution in [3.63, 3.8) is 0 Å².